The van der Waals surface area contributed by atoms with Crippen LogP contribution in [0.3, 0.4) is 0 Å². The molecule has 0 aliphatic rings. The minimum Gasteiger partial charge on any atom is -0.355 e. The van der Waals surface area contributed by atoms with Crippen molar-refractivity contribution in [1.82, 2.24) is 16.0 Å². The van der Waals surface area contributed by atoms with E-state index in [0.29, 0.717) is 19.5 Å². The average Bonchev–Trinajstić information content (AvgIpc) is 2.67. The van der Waals surface area contributed by atoms with Gasteiger partial charge in [0.15, 0.2) is 0 Å². The number of benzene rings is 1. The number of carbonyl (C=O) groups is 2. The van der Waals surface area contributed by atoms with Gasteiger partial charge in [-0.3, -0.25) is 9.59 Å². The Hall–Kier alpha value is -2.14. The van der Waals surface area contributed by atoms with Crippen molar-refractivity contribution < 1.29 is 9.59 Å². The van der Waals surface area contributed by atoms with E-state index >= 15 is 0 Å². The fourth-order valence-corrected chi connectivity index (χ4v) is 2.82. The van der Waals surface area contributed by atoms with E-state index in [1.54, 1.807) is 0 Å². The highest BCUT2D eigenvalue weighted by molar-refractivity contribution is 6.00. The largest absolute Gasteiger partial charge is 0.355 e. The second kappa shape index (κ2) is 11.6. The number of rotatable bonds is 11. The van der Waals surface area contributed by atoms with Gasteiger partial charge in [-0.15, -0.1) is 0 Å². The predicted molar refractivity (Wildman–Crippen MR) is 116 cm³/mol. The molecule has 0 fully saturated rings. The molecule has 1 unspecified atom stereocenters. The first kappa shape index (κ1) is 23.9. The highest BCUT2D eigenvalue weighted by atomic mass is 16.2. The first-order valence-electron chi connectivity index (χ1n) is 10.2. The minimum atomic E-state index is -0.739. The van der Waals surface area contributed by atoms with E-state index in [1.165, 1.54) is 0 Å². The molecular formula is C23H37N3O2. The van der Waals surface area contributed by atoms with Crippen LogP contribution in [0.2, 0.25) is 0 Å². The molecule has 0 saturated carbocycles. The van der Waals surface area contributed by atoms with Crippen LogP contribution in [-0.4, -0.2) is 30.9 Å². The lowest BCUT2D eigenvalue weighted by Crippen LogP contribution is -2.42. The van der Waals surface area contributed by atoms with Crippen LogP contribution in [0.15, 0.2) is 42.0 Å². The zero-order chi connectivity index (χ0) is 21.2. The average molecular weight is 388 g/mol. The van der Waals surface area contributed by atoms with Crippen molar-refractivity contribution in [1.29, 1.82) is 0 Å². The monoisotopic (exact) mass is 387 g/mol. The fraction of sp³-hybridized carbons (Fsp3) is 0.565. The molecule has 5 heteroatoms. The Morgan fingerprint density at radius 1 is 1.07 bits per heavy atom. The normalized spacial score (nSPS) is 13.3. The summed E-state index contributed by atoms with van der Waals surface area (Å²) in [4.78, 5) is 25.6. The Morgan fingerprint density at radius 2 is 1.68 bits per heavy atom. The first-order chi connectivity index (χ1) is 13.2. The molecule has 0 spiro atoms. The van der Waals surface area contributed by atoms with Gasteiger partial charge in [0, 0.05) is 18.6 Å². The van der Waals surface area contributed by atoms with E-state index in [2.05, 4.69) is 49.7 Å². The topological polar surface area (TPSA) is 70.2 Å². The quantitative estimate of drug-likeness (QED) is 0.402. The van der Waals surface area contributed by atoms with Crippen LogP contribution in [-0.2, 0) is 16.1 Å². The summed E-state index contributed by atoms with van der Waals surface area (Å²) in [6.07, 6.45) is 3.39. The Morgan fingerprint density at radius 3 is 2.21 bits per heavy atom. The second-order valence-electron chi connectivity index (χ2n) is 8.10. The third-order valence-electron chi connectivity index (χ3n) is 4.86. The number of hydrogen-bond acceptors (Lipinski definition) is 3. The molecule has 0 aromatic heterocycles. The molecule has 0 heterocycles. The molecule has 28 heavy (non-hydrogen) atoms. The second-order valence-corrected chi connectivity index (χ2v) is 8.10. The summed E-state index contributed by atoms with van der Waals surface area (Å²) in [6.45, 7) is 11.3. The van der Waals surface area contributed by atoms with Gasteiger partial charge in [-0.05, 0) is 45.2 Å². The smallest absolute Gasteiger partial charge is 0.233 e. The van der Waals surface area contributed by atoms with Gasteiger partial charge < -0.3 is 16.0 Å². The summed E-state index contributed by atoms with van der Waals surface area (Å²) in [5, 5.41) is 9.09. The van der Waals surface area contributed by atoms with Gasteiger partial charge in [0.1, 0.15) is 5.92 Å². The van der Waals surface area contributed by atoms with Gasteiger partial charge in [-0.2, -0.15) is 0 Å². The number of allylic oxidation sites excluding steroid dienone is 1. The molecule has 0 bridgehead atoms. The van der Waals surface area contributed by atoms with E-state index < -0.39 is 5.92 Å². The molecule has 1 aromatic rings. The molecule has 0 saturated heterocycles. The van der Waals surface area contributed by atoms with Crippen molar-refractivity contribution in [2.45, 2.75) is 59.5 Å². The molecule has 1 rings (SSSR count). The molecule has 3 N–H and O–H groups in total. The Bertz CT molecular complexity index is 651. The third-order valence-corrected chi connectivity index (χ3v) is 4.86. The number of hydrogen-bond donors (Lipinski definition) is 3. The van der Waals surface area contributed by atoms with Crippen molar-refractivity contribution in [3.63, 3.8) is 0 Å². The molecule has 5 nitrogen and oxygen atoms in total. The van der Waals surface area contributed by atoms with Crippen LogP contribution in [0, 0.1) is 11.8 Å². The van der Waals surface area contributed by atoms with E-state index in [-0.39, 0.29) is 23.3 Å². The summed E-state index contributed by atoms with van der Waals surface area (Å²) in [7, 11) is 1.91. The summed E-state index contributed by atoms with van der Waals surface area (Å²) < 4.78 is 0. The third kappa shape index (κ3) is 8.26. The lowest BCUT2D eigenvalue weighted by Gasteiger charge is -2.25. The number of likely N-dealkylation sites (N-methyl/N-ethyl adjacent to an activating group) is 1. The van der Waals surface area contributed by atoms with E-state index in [1.807, 2.05) is 44.3 Å². The van der Waals surface area contributed by atoms with Gasteiger partial charge in [-0.25, -0.2) is 0 Å². The minimum absolute atomic E-state index is 0.204. The number of nitrogens with one attached hydrogen (secondary N) is 3. The molecular weight excluding hydrogens is 350 g/mol. The standard InChI is InChI=1S/C23H37N3O2/c1-7-13-25-21(27)20(14-19(17(2)3)15-23(4,5)24-6)22(28)26-16-18-11-9-8-10-12-18/h8-12,15,17,20,24H,7,13-14,16H2,1-6H3,(H,25,27)(H,26,28)/b19-15-. The summed E-state index contributed by atoms with van der Waals surface area (Å²) in [5.74, 6) is -0.930. The van der Waals surface area contributed by atoms with Gasteiger partial charge in [0.05, 0.1) is 0 Å². The van der Waals surface area contributed by atoms with E-state index in [0.717, 1.165) is 17.6 Å². The molecule has 1 atom stereocenters. The molecule has 2 amide bonds. The Balaban J connectivity index is 2.99. The van der Waals surface area contributed by atoms with Crippen LogP contribution in [0.4, 0.5) is 0 Å². The molecule has 156 valence electrons. The maximum absolute atomic E-state index is 12.9. The van der Waals surface area contributed by atoms with Crippen molar-refractivity contribution in [2.75, 3.05) is 13.6 Å². The van der Waals surface area contributed by atoms with Crippen molar-refractivity contribution in [3.8, 4) is 0 Å². The Kier molecular flexibility index (Phi) is 9.94. The molecule has 0 aliphatic heterocycles. The maximum atomic E-state index is 12.9. The highest BCUT2D eigenvalue weighted by Crippen LogP contribution is 2.23. The lowest BCUT2D eigenvalue weighted by atomic mass is 9.87. The fourth-order valence-electron chi connectivity index (χ4n) is 2.82. The maximum Gasteiger partial charge on any atom is 0.233 e. The van der Waals surface area contributed by atoms with E-state index in [4.69, 9.17) is 0 Å². The van der Waals surface area contributed by atoms with Crippen molar-refractivity contribution in [2.24, 2.45) is 11.8 Å². The van der Waals surface area contributed by atoms with Gasteiger partial charge in [0.2, 0.25) is 11.8 Å². The van der Waals surface area contributed by atoms with Crippen LogP contribution in [0.1, 0.15) is 53.0 Å². The molecule has 1 aromatic carbocycles. The summed E-state index contributed by atoms with van der Waals surface area (Å²) in [5.41, 5.74) is 1.91. The van der Waals surface area contributed by atoms with Crippen molar-refractivity contribution >= 4 is 11.8 Å². The summed E-state index contributed by atoms with van der Waals surface area (Å²) in [6, 6.07) is 9.73. The highest BCUT2D eigenvalue weighted by Gasteiger charge is 2.29. The number of carbonyl (C=O) groups excluding carboxylic acids is 2. The van der Waals surface area contributed by atoms with Crippen LogP contribution >= 0.6 is 0 Å². The van der Waals surface area contributed by atoms with E-state index in [9.17, 15) is 9.59 Å². The molecule has 0 radical (unpaired) electrons. The predicted octanol–water partition coefficient (Wildman–Crippen LogP) is 3.42. The summed E-state index contributed by atoms with van der Waals surface area (Å²) >= 11 is 0. The van der Waals surface area contributed by atoms with Gasteiger partial charge in [-0.1, -0.05) is 62.8 Å². The number of amides is 2. The molecule has 0 aliphatic carbocycles. The SMILES string of the molecule is CCCNC(=O)C(C/C(=C/C(C)(C)NC)C(C)C)C(=O)NCc1ccccc1. The first-order valence-corrected chi connectivity index (χ1v) is 10.2. The van der Waals surface area contributed by atoms with Crippen molar-refractivity contribution in [3.05, 3.63) is 47.5 Å². The Labute approximate surface area is 170 Å². The zero-order valence-electron chi connectivity index (χ0n) is 18.3. The van der Waals surface area contributed by atoms with Crippen LogP contribution in [0.5, 0.6) is 0 Å². The van der Waals surface area contributed by atoms with Gasteiger partial charge >= 0.3 is 0 Å². The van der Waals surface area contributed by atoms with Crippen LogP contribution in [0.25, 0.3) is 0 Å². The van der Waals surface area contributed by atoms with Crippen LogP contribution < -0.4 is 16.0 Å². The lowest BCUT2D eigenvalue weighted by molar-refractivity contribution is -0.135. The van der Waals surface area contributed by atoms with Gasteiger partial charge in [0.25, 0.3) is 0 Å². The zero-order valence-corrected chi connectivity index (χ0v) is 18.3.